The molecule has 0 spiro atoms. The van der Waals surface area contributed by atoms with Gasteiger partial charge in [-0.15, -0.1) is 0 Å². The first-order chi connectivity index (χ1) is 26.8. The molecule has 0 nitrogen and oxygen atoms in total. The Morgan fingerprint density at radius 2 is 1.14 bits per heavy atom. The van der Waals surface area contributed by atoms with Gasteiger partial charge in [0, 0.05) is 0 Å². The van der Waals surface area contributed by atoms with Crippen LogP contribution in [0.25, 0.3) is 36.7 Å². The molecule has 5 heteroatoms. The first-order valence-electron chi connectivity index (χ1n) is 19.6. The molecule has 0 fully saturated rings. The van der Waals surface area contributed by atoms with Crippen molar-refractivity contribution in [3.63, 3.8) is 0 Å². The summed E-state index contributed by atoms with van der Waals surface area (Å²) in [6, 6.07) is 44.2. The average Bonchev–Trinajstić information content (AvgIpc) is 3.82. The van der Waals surface area contributed by atoms with E-state index < -0.39 is 0 Å². The fraction of sp³-hybridized carbons (Fsp3) is 0.208. The number of benzene rings is 6. The molecule has 0 saturated heterocycles. The second-order valence-corrected chi connectivity index (χ2v) is 19.4. The van der Waals surface area contributed by atoms with Crippen LogP contribution in [-0.2, 0) is 48.4 Å². The second-order valence-electron chi connectivity index (χ2n) is 17.3. The van der Waals surface area contributed by atoms with Crippen molar-refractivity contribution < 1.29 is 49.5 Å². The molecule has 6 aromatic rings. The number of fused-ring (bicyclic) bond motifs is 2. The second kappa shape index (κ2) is 17.7. The summed E-state index contributed by atoms with van der Waals surface area (Å²) >= 11 is 14.4. The fourth-order valence-corrected chi connectivity index (χ4v) is 10.2. The van der Waals surface area contributed by atoms with E-state index in [1.54, 1.807) is 0 Å². The van der Waals surface area contributed by atoms with Gasteiger partial charge in [-0.2, -0.15) is 0 Å². The average molecular weight is 917 g/mol. The third-order valence-electron chi connectivity index (χ3n) is 11.3. The summed E-state index contributed by atoms with van der Waals surface area (Å²) in [7, 11) is 0. The van der Waals surface area contributed by atoms with Crippen LogP contribution in [-0.4, -0.2) is 0 Å². The van der Waals surface area contributed by atoms with Gasteiger partial charge >= 0.3 is 360 Å². The van der Waals surface area contributed by atoms with Gasteiger partial charge in [0.25, 0.3) is 0 Å². The van der Waals surface area contributed by atoms with E-state index in [4.69, 9.17) is 23.2 Å². The fourth-order valence-electron chi connectivity index (χ4n) is 8.78. The van der Waals surface area contributed by atoms with Crippen molar-refractivity contribution >= 4 is 37.6 Å². The molecule has 58 heavy (non-hydrogen) atoms. The first-order valence-corrected chi connectivity index (χ1v) is 21.6. The predicted molar refractivity (Wildman–Crippen MR) is 236 cm³/mol. The molecule has 0 amide bonds. The number of allylic oxidation sites excluding steroid dienone is 4. The van der Waals surface area contributed by atoms with Crippen molar-refractivity contribution in [2.45, 2.75) is 71.6 Å². The zero-order chi connectivity index (χ0) is 39.4. The smallest absolute Gasteiger partial charge is 1.00 e. The van der Waals surface area contributed by atoms with Crippen LogP contribution in [0.2, 0.25) is 10.0 Å². The van der Waals surface area contributed by atoms with Gasteiger partial charge in [0.1, 0.15) is 0 Å². The normalized spacial score (nSPS) is 13.1. The Hall–Kier alpha value is -3.42. The van der Waals surface area contributed by atoms with Crippen molar-refractivity contribution in [2.75, 3.05) is 0 Å². The minimum atomic E-state index is -0.205. The summed E-state index contributed by atoms with van der Waals surface area (Å²) in [6.07, 6.45) is 9.43. The maximum atomic E-state index is 6.49. The van der Waals surface area contributed by atoms with E-state index >= 15 is 0 Å². The summed E-state index contributed by atoms with van der Waals surface area (Å²) in [5, 5.41) is 7.00. The molecule has 0 saturated carbocycles. The Balaban J connectivity index is 0.00000283. The molecule has 0 radical (unpaired) electrons. The van der Waals surface area contributed by atoms with E-state index in [-0.39, 0.29) is 35.6 Å². The quantitative estimate of drug-likeness (QED) is 0.159. The molecule has 0 bridgehead atoms. The third-order valence-corrected chi connectivity index (χ3v) is 13.0. The molecule has 6 aromatic carbocycles. The molecule has 291 valence electrons. The topological polar surface area (TPSA) is 0 Å². The molecule has 2 aliphatic carbocycles. The summed E-state index contributed by atoms with van der Waals surface area (Å²) in [6.45, 7) is 14.3. The molecule has 0 unspecified atom stereocenters. The van der Waals surface area contributed by atoms with E-state index in [0.29, 0.717) is 0 Å². The van der Waals surface area contributed by atoms with Crippen LogP contribution < -0.4 is 35.3 Å². The van der Waals surface area contributed by atoms with Crippen LogP contribution in [0.4, 0.5) is 0 Å². The minimum absolute atomic E-state index is 0. The monoisotopic (exact) mass is 913 g/mol. The van der Waals surface area contributed by atoms with Gasteiger partial charge in [-0.3, -0.25) is 0 Å². The number of hydrogen-bond acceptors (Lipinski definition) is 0. The van der Waals surface area contributed by atoms with Crippen LogP contribution in [0.5, 0.6) is 0 Å². The Morgan fingerprint density at radius 3 is 1.62 bits per heavy atom. The van der Waals surface area contributed by atoms with Crippen molar-refractivity contribution in [2.24, 2.45) is 0 Å². The zero-order valence-corrected chi connectivity index (χ0v) is 39.4. The van der Waals surface area contributed by atoms with Gasteiger partial charge in [-0.1, -0.05) is 0 Å². The van der Waals surface area contributed by atoms with E-state index in [0.717, 1.165) is 29.3 Å². The minimum Gasteiger partial charge on any atom is -1.00 e. The van der Waals surface area contributed by atoms with Gasteiger partial charge < -0.3 is 24.8 Å². The maximum Gasteiger partial charge on any atom is -1.00 e. The van der Waals surface area contributed by atoms with Gasteiger partial charge in [-0.05, 0) is 0 Å². The van der Waals surface area contributed by atoms with Crippen LogP contribution in [0.1, 0.15) is 81.3 Å². The van der Waals surface area contributed by atoms with E-state index in [9.17, 15) is 0 Å². The van der Waals surface area contributed by atoms with Crippen molar-refractivity contribution in [3.05, 3.63) is 204 Å². The Labute approximate surface area is 381 Å². The predicted octanol–water partition coefficient (Wildman–Crippen LogP) is 7.21. The van der Waals surface area contributed by atoms with Gasteiger partial charge in [0.2, 0.25) is 0 Å². The SMILES string of the molecule is CC(C)(C)c1cc2c(cc1-c1ccccc1)=[C]([Zr+2])c1c(C3=CC=CC3)c(-c3ccccc3)c(C(C)(C)C)c(=C(Cc3ccc(Cl)cc3)Cc3ccc(Cl)cc3)c1=2.[Cl-].[Cl-]. The van der Waals surface area contributed by atoms with E-state index in [1.807, 2.05) is 24.3 Å². The molecule has 0 N–H and O–H groups in total. The molecule has 8 rings (SSSR count). The Kier molecular flexibility index (Phi) is 13.4. The summed E-state index contributed by atoms with van der Waals surface area (Å²) in [4.78, 5) is 0. The van der Waals surface area contributed by atoms with Crippen LogP contribution in [0.15, 0.2) is 140 Å². The largest absolute Gasteiger partial charge is 1.00 e. The molecule has 0 atom stereocenters. The Bertz CT molecular complexity index is 2720. The van der Waals surface area contributed by atoms with Crippen LogP contribution in [0, 0.1) is 10.4 Å². The number of rotatable bonds is 7. The first kappa shape index (κ1) is 44.1. The molecular weight excluding hydrogens is 870 g/mol. The summed E-state index contributed by atoms with van der Waals surface area (Å²) < 4.78 is 1.43. The van der Waals surface area contributed by atoms with Gasteiger partial charge in [0.15, 0.2) is 0 Å². The molecule has 2 aliphatic rings. The Morgan fingerprint density at radius 1 is 0.603 bits per heavy atom. The molecule has 0 aliphatic heterocycles. The molecule has 0 aromatic heterocycles. The van der Waals surface area contributed by atoms with E-state index in [2.05, 4.69) is 157 Å². The van der Waals surface area contributed by atoms with Gasteiger partial charge in [0.05, 0.1) is 0 Å². The summed E-state index contributed by atoms with van der Waals surface area (Å²) in [5.41, 5.74) is 15.8. The van der Waals surface area contributed by atoms with Crippen LogP contribution in [0.3, 0.4) is 0 Å². The zero-order valence-electron chi connectivity index (χ0n) is 33.9. The molecular formula is C53H47Cl4Zr. The number of halogens is 4. The van der Waals surface area contributed by atoms with Crippen LogP contribution >= 0.6 is 23.2 Å². The summed E-state index contributed by atoms with van der Waals surface area (Å²) in [5.74, 6) is 0. The molecule has 0 heterocycles. The third kappa shape index (κ3) is 8.60. The standard InChI is InChI=1S/C53H47Cl2.2ClH.Zr/c1-52(2,3)46-33-44-39(31-43(46)36-15-9-7-10-16-36)32-45-47(37-19-13-14-20-37)48(38-17-11-8-12-18-38)51(53(4,5)6)49(50(44)45)40(29-34-21-25-41(54)26-22-34)30-35-23-27-42(55)28-24-35;;;/h7-19,21-28,31,33H,20,29-30H2,1-6H3;2*1H;/q;;;+2/p-2. The van der Waals surface area contributed by atoms with E-state index in [1.165, 1.54) is 116 Å². The number of hydrogen-bond donors (Lipinski definition) is 0. The van der Waals surface area contributed by atoms with Crippen molar-refractivity contribution in [1.29, 1.82) is 0 Å². The van der Waals surface area contributed by atoms with Crippen molar-refractivity contribution in [3.8, 4) is 22.3 Å². The maximum absolute atomic E-state index is 6.49. The van der Waals surface area contributed by atoms with Crippen molar-refractivity contribution in [1.82, 2.24) is 0 Å². The van der Waals surface area contributed by atoms with Gasteiger partial charge in [-0.25, -0.2) is 0 Å².